The number of carbonyl (C=O) groups is 1. The van der Waals surface area contributed by atoms with Gasteiger partial charge in [0, 0.05) is 6.42 Å². The van der Waals surface area contributed by atoms with Gasteiger partial charge in [0.05, 0.1) is 25.4 Å². The SMILES string of the molecule is CC/C=C\C/C=C\C/C=C\C/C=C\C/C=C\C/C=C\CCCCC(=O)NC(COC1OC(CO)C(O)C(O)C1O)C(O)/C=C/CCCCCCCCCCCCCCCCCCCCCCCCCCCCCCC. The molecule has 0 aliphatic carbocycles. The Bertz CT molecular complexity index is 1450. The molecule has 1 aliphatic rings. The van der Waals surface area contributed by atoms with Crippen LogP contribution in [0.4, 0.5) is 0 Å². The molecular weight excluding hydrogens is 935 g/mol. The van der Waals surface area contributed by atoms with Gasteiger partial charge in [-0.2, -0.15) is 0 Å². The van der Waals surface area contributed by atoms with Gasteiger partial charge in [0.15, 0.2) is 6.29 Å². The summed E-state index contributed by atoms with van der Waals surface area (Å²) in [6.45, 7) is 3.66. The first-order chi connectivity index (χ1) is 36.8. The lowest BCUT2D eigenvalue weighted by molar-refractivity contribution is -0.302. The van der Waals surface area contributed by atoms with E-state index < -0.39 is 49.5 Å². The van der Waals surface area contributed by atoms with Crippen LogP contribution < -0.4 is 5.32 Å². The molecule has 1 saturated heterocycles. The maximum absolute atomic E-state index is 13.1. The topological polar surface area (TPSA) is 149 Å². The van der Waals surface area contributed by atoms with Gasteiger partial charge in [-0.15, -0.1) is 0 Å². The fraction of sp³-hybridized carbons (Fsp3) is 0.773. The molecule has 1 amide bonds. The highest BCUT2D eigenvalue weighted by molar-refractivity contribution is 5.76. The number of aliphatic hydroxyl groups is 5. The number of hydrogen-bond donors (Lipinski definition) is 6. The predicted octanol–water partition coefficient (Wildman–Crippen LogP) is 16.2. The highest BCUT2D eigenvalue weighted by atomic mass is 16.7. The second kappa shape index (κ2) is 54.7. The van der Waals surface area contributed by atoms with Gasteiger partial charge >= 0.3 is 0 Å². The van der Waals surface area contributed by atoms with E-state index in [-0.39, 0.29) is 18.9 Å². The van der Waals surface area contributed by atoms with Crippen molar-refractivity contribution < 1.29 is 39.8 Å². The van der Waals surface area contributed by atoms with Crippen LogP contribution in [0.3, 0.4) is 0 Å². The summed E-state index contributed by atoms with van der Waals surface area (Å²) >= 11 is 0. The number of aliphatic hydroxyl groups excluding tert-OH is 5. The third kappa shape index (κ3) is 44.0. The first-order valence-electron chi connectivity index (χ1n) is 31.3. The van der Waals surface area contributed by atoms with E-state index in [2.05, 4.69) is 92.1 Å². The van der Waals surface area contributed by atoms with Crippen molar-refractivity contribution in [2.24, 2.45) is 0 Å². The number of ether oxygens (including phenoxy) is 2. The Hall–Kier alpha value is -2.63. The van der Waals surface area contributed by atoms with E-state index in [9.17, 15) is 30.3 Å². The maximum atomic E-state index is 13.1. The standard InChI is InChI=1S/C66H117NO8/c1-3-5-7-9-11-13-15-17-19-21-23-25-26-27-28-29-30-31-32-33-34-36-37-39-41-43-45-47-49-51-53-55-60(69)59(58-74-66-65(73)64(72)63(71)61(57-68)75-66)67-62(70)56-54-52-50-48-46-44-42-40-38-35-24-22-20-18-16-14-12-10-8-6-4-2/h6,8,12,14,18,20,24,35,40,42,46,48,53,55,59-61,63-66,68-69,71-73H,3-5,7,9-11,13,15-17,19,21-23,25-34,36-39,41,43-45,47,49-52,54,56-58H2,1-2H3,(H,67,70)/b8-6-,14-12-,20-18-,35-24-,42-40-,48-46-,55-53+. The molecule has 1 rings (SSSR count). The molecule has 0 radical (unpaired) electrons. The molecule has 1 aliphatic heterocycles. The quantitative estimate of drug-likeness (QED) is 0.0261. The largest absolute Gasteiger partial charge is 0.394 e. The number of allylic oxidation sites excluding steroid dienone is 13. The van der Waals surface area contributed by atoms with E-state index in [0.29, 0.717) is 6.42 Å². The Balaban J connectivity index is 2.21. The van der Waals surface area contributed by atoms with Crippen LogP contribution >= 0.6 is 0 Å². The second-order valence-electron chi connectivity index (χ2n) is 21.5. The molecule has 1 heterocycles. The van der Waals surface area contributed by atoms with Crippen LogP contribution in [0.1, 0.15) is 271 Å². The fourth-order valence-electron chi connectivity index (χ4n) is 9.57. The second-order valence-corrected chi connectivity index (χ2v) is 21.5. The van der Waals surface area contributed by atoms with E-state index in [1.165, 1.54) is 173 Å². The average Bonchev–Trinajstić information content (AvgIpc) is 3.41. The molecule has 434 valence electrons. The molecule has 0 aromatic rings. The van der Waals surface area contributed by atoms with Crippen LogP contribution in [0, 0.1) is 0 Å². The van der Waals surface area contributed by atoms with Gasteiger partial charge < -0.3 is 40.3 Å². The lowest BCUT2D eigenvalue weighted by Crippen LogP contribution is -2.60. The van der Waals surface area contributed by atoms with Crippen LogP contribution in [-0.2, 0) is 14.3 Å². The van der Waals surface area contributed by atoms with E-state index in [1.807, 2.05) is 6.08 Å². The monoisotopic (exact) mass is 1050 g/mol. The van der Waals surface area contributed by atoms with Crippen LogP contribution in [-0.4, -0.2) is 87.5 Å². The Morgan fingerprint density at radius 1 is 0.467 bits per heavy atom. The minimum Gasteiger partial charge on any atom is -0.394 e. The Morgan fingerprint density at radius 3 is 1.23 bits per heavy atom. The minimum atomic E-state index is -1.58. The molecule has 9 nitrogen and oxygen atoms in total. The number of amides is 1. The number of carbonyl (C=O) groups excluding carboxylic acids is 1. The summed E-state index contributed by atoms with van der Waals surface area (Å²) in [4.78, 5) is 13.1. The van der Waals surface area contributed by atoms with Gasteiger partial charge in [-0.25, -0.2) is 0 Å². The van der Waals surface area contributed by atoms with Crippen molar-refractivity contribution in [1.82, 2.24) is 5.32 Å². The molecule has 7 atom stereocenters. The molecule has 0 bridgehead atoms. The molecule has 6 N–H and O–H groups in total. The number of hydrogen-bond acceptors (Lipinski definition) is 8. The van der Waals surface area contributed by atoms with E-state index in [0.717, 1.165) is 70.6 Å². The van der Waals surface area contributed by atoms with Crippen molar-refractivity contribution in [3.63, 3.8) is 0 Å². The lowest BCUT2D eigenvalue weighted by Gasteiger charge is -2.40. The normalized spacial score (nSPS) is 19.5. The summed E-state index contributed by atoms with van der Waals surface area (Å²) in [7, 11) is 0. The van der Waals surface area contributed by atoms with Crippen molar-refractivity contribution in [2.45, 2.75) is 314 Å². The first kappa shape index (κ1) is 70.4. The molecule has 0 saturated carbocycles. The van der Waals surface area contributed by atoms with Gasteiger partial charge in [-0.05, 0) is 70.6 Å². The third-order valence-corrected chi connectivity index (χ3v) is 14.5. The summed E-state index contributed by atoms with van der Waals surface area (Å²) in [6, 6.07) is -0.835. The van der Waals surface area contributed by atoms with Gasteiger partial charge in [-0.1, -0.05) is 279 Å². The fourth-order valence-corrected chi connectivity index (χ4v) is 9.57. The molecule has 9 heteroatoms. The Labute approximate surface area is 461 Å². The number of rotatable bonds is 53. The van der Waals surface area contributed by atoms with Crippen LogP contribution in [0.5, 0.6) is 0 Å². The first-order valence-corrected chi connectivity index (χ1v) is 31.3. The van der Waals surface area contributed by atoms with Crippen LogP contribution in [0.15, 0.2) is 85.1 Å². The van der Waals surface area contributed by atoms with Crippen molar-refractivity contribution >= 4 is 5.91 Å². The Morgan fingerprint density at radius 2 is 0.827 bits per heavy atom. The van der Waals surface area contributed by atoms with Crippen molar-refractivity contribution in [2.75, 3.05) is 13.2 Å². The number of unbranched alkanes of at least 4 members (excludes halogenated alkanes) is 31. The summed E-state index contributed by atoms with van der Waals surface area (Å²) in [5.41, 5.74) is 0. The van der Waals surface area contributed by atoms with Crippen molar-refractivity contribution in [1.29, 1.82) is 0 Å². The molecule has 75 heavy (non-hydrogen) atoms. The smallest absolute Gasteiger partial charge is 0.220 e. The highest BCUT2D eigenvalue weighted by Crippen LogP contribution is 2.23. The summed E-state index contributed by atoms with van der Waals surface area (Å²) in [5.74, 6) is -0.219. The summed E-state index contributed by atoms with van der Waals surface area (Å²) in [5, 5.41) is 54.6. The zero-order valence-electron chi connectivity index (χ0n) is 48.3. The van der Waals surface area contributed by atoms with Gasteiger partial charge in [-0.3, -0.25) is 4.79 Å². The number of nitrogens with one attached hydrogen (secondary N) is 1. The van der Waals surface area contributed by atoms with E-state index in [4.69, 9.17) is 9.47 Å². The summed E-state index contributed by atoms with van der Waals surface area (Å²) < 4.78 is 11.3. The third-order valence-electron chi connectivity index (χ3n) is 14.5. The molecular formula is C66H117NO8. The van der Waals surface area contributed by atoms with Gasteiger partial charge in [0.1, 0.15) is 24.4 Å². The van der Waals surface area contributed by atoms with E-state index >= 15 is 0 Å². The predicted molar refractivity (Wildman–Crippen MR) is 318 cm³/mol. The average molecular weight is 1050 g/mol. The van der Waals surface area contributed by atoms with Crippen LogP contribution in [0.2, 0.25) is 0 Å². The van der Waals surface area contributed by atoms with E-state index in [1.54, 1.807) is 6.08 Å². The van der Waals surface area contributed by atoms with Crippen molar-refractivity contribution in [3.05, 3.63) is 85.1 Å². The molecule has 0 spiro atoms. The minimum absolute atomic E-state index is 0.210. The van der Waals surface area contributed by atoms with Gasteiger partial charge in [0.25, 0.3) is 0 Å². The molecule has 1 fully saturated rings. The summed E-state index contributed by atoms with van der Waals surface area (Å²) in [6.07, 6.45) is 71.0. The molecule has 7 unspecified atom stereocenters. The lowest BCUT2D eigenvalue weighted by atomic mass is 9.99. The maximum Gasteiger partial charge on any atom is 0.220 e. The zero-order valence-corrected chi connectivity index (χ0v) is 48.3. The molecule has 0 aromatic heterocycles. The van der Waals surface area contributed by atoms with Gasteiger partial charge in [0.2, 0.25) is 5.91 Å². The zero-order chi connectivity index (χ0) is 54.3. The van der Waals surface area contributed by atoms with Crippen LogP contribution in [0.25, 0.3) is 0 Å². The Kier molecular flexibility index (Phi) is 51.3. The van der Waals surface area contributed by atoms with Crippen molar-refractivity contribution in [3.8, 4) is 0 Å². The highest BCUT2D eigenvalue weighted by Gasteiger charge is 2.44. The molecule has 0 aromatic carbocycles.